The molecule has 1 aliphatic carbocycles. The molecule has 0 saturated heterocycles. The van der Waals surface area contributed by atoms with Gasteiger partial charge in [0.1, 0.15) is 5.76 Å². The van der Waals surface area contributed by atoms with Crippen molar-refractivity contribution in [2.75, 3.05) is 13.2 Å². The molecule has 0 aliphatic heterocycles. The summed E-state index contributed by atoms with van der Waals surface area (Å²) in [6, 6.07) is -0.569. The van der Waals surface area contributed by atoms with Gasteiger partial charge in [-0.1, -0.05) is 5.57 Å². The van der Waals surface area contributed by atoms with E-state index in [0.29, 0.717) is 18.8 Å². The van der Waals surface area contributed by atoms with Crippen molar-refractivity contribution in [1.29, 1.82) is 0 Å². The highest BCUT2D eigenvalue weighted by Crippen LogP contribution is 2.23. The number of amides is 2. The van der Waals surface area contributed by atoms with E-state index in [0.717, 1.165) is 25.0 Å². The fourth-order valence-electron chi connectivity index (χ4n) is 1.51. The molecule has 1 aliphatic rings. The standard InChI is InChI=1S/C11H19N3O2/c1-8-3-4-10(16-6-2-5-12)9(7-8)14-11(13)15/h7H,2-6,12H2,1H3,(H3,13,14,15). The second-order valence-electron chi connectivity index (χ2n) is 3.81. The largest absolute Gasteiger partial charge is 0.496 e. The Balaban J connectivity index is 2.67. The van der Waals surface area contributed by atoms with E-state index in [4.69, 9.17) is 16.2 Å². The smallest absolute Gasteiger partial charge is 0.316 e. The summed E-state index contributed by atoms with van der Waals surface area (Å²) >= 11 is 0. The molecule has 0 unspecified atom stereocenters. The third-order valence-electron chi connectivity index (χ3n) is 2.32. The van der Waals surface area contributed by atoms with Crippen molar-refractivity contribution >= 4 is 6.03 Å². The summed E-state index contributed by atoms with van der Waals surface area (Å²) in [5.41, 5.74) is 12.4. The average molecular weight is 225 g/mol. The number of carbonyl (C=O) groups excluding carboxylic acids is 1. The summed E-state index contributed by atoms with van der Waals surface area (Å²) in [6.45, 7) is 3.18. The van der Waals surface area contributed by atoms with Gasteiger partial charge >= 0.3 is 6.03 Å². The zero-order valence-corrected chi connectivity index (χ0v) is 9.58. The highest BCUT2D eigenvalue weighted by Gasteiger charge is 2.13. The maximum atomic E-state index is 10.8. The summed E-state index contributed by atoms with van der Waals surface area (Å²) in [5, 5.41) is 2.57. The molecule has 5 nitrogen and oxygen atoms in total. The Bertz CT molecular complexity index is 321. The first-order valence-corrected chi connectivity index (χ1v) is 5.43. The lowest BCUT2D eigenvalue weighted by Gasteiger charge is -2.19. The minimum Gasteiger partial charge on any atom is -0.496 e. The Hall–Kier alpha value is -1.49. The lowest BCUT2D eigenvalue weighted by molar-refractivity contribution is 0.194. The Morgan fingerprint density at radius 1 is 1.56 bits per heavy atom. The van der Waals surface area contributed by atoms with Gasteiger partial charge in [-0.2, -0.15) is 0 Å². The van der Waals surface area contributed by atoms with Crippen molar-refractivity contribution in [3.05, 3.63) is 23.1 Å². The predicted molar refractivity (Wildman–Crippen MR) is 62.4 cm³/mol. The van der Waals surface area contributed by atoms with E-state index >= 15 is 0 Å². The van der Waals surface area contributed by atoms with E-state index in [1.165, 1.54) is 5.57 Å². The van der Waals surface area contributed by atoms with E-state index in [1.807, 2.05) is 13.0 Å². The maximum Gasteiger partial charge on any atom is 0.316 e. The number of hydrogen-bond acceptors (Lipinski definition) is 3. The van der Waals surface area contributed by atoms with Crippen LogP contribution < -0.4 is 16.8 Å². The van der Waals surface area contributed by atoms with Crippen molar-refractivity contribution in [2.45, 2.75) is 26.2 Å². The van der Waals surface area contributed by atoms with E-state index in [-0.39, 0.29) is 0 Å². The molecule has 0 atom stereocenters. The normalized spacial score (nSPS) is 15.8. The molecule has 0 aromatic rings. The predicted octanol–water partition coefficient (Wildman–Crippen LogP) is 0.972. The molecule has 5 heteroatoms. The van der Waals surface area contributed by atoms with Crippen LogP contribution in [0.2, 0.25) is 0 Å². The van der Waals surface area contributed by atoms with Crippen molar-refractivity contribution in [3.8, 4) is 0 Å². The first-order chi connectivity index (χ1) is 7.63. The number of primary amides is 1. The molecule has 2 amide bonds. The monoisotopic (exact) mass is 225 g/mol. The Labute approximate surface area is 95.5 Å². The maximum absolute atomic E-state index is 10.8. The summed E-state index contributed by atoms with van der Waals surface area (Å²) in [6.07, 6.45) is 4.44. The van der Waals surface area contributed by atoms with Crippen molar-refractivity contribution in [3.63, 3.8) is 0 Å². The van der Waals surface area contributed by atoms with E-state index in [9.17, 15) is 4.79 Å². The minimum atomic E-state index is -0.569. The van der Waals surface area contributed by atoms with Gasteiger partial charge in [-0.05, 0) is 32.4 Å². The third kappa shape index (κ3) is 3.94. The van der Waals surface area contributed by atoms with Crippen LogP contribution in [-0.2, 0) is 4.74 Å². The molecule has 90 valence electrons. The summed E-state index contributed by atoms with van der Waals surface area (Å²) < 4.78 is 5.57. The number of hydrogen-bond donors (Lipinski definition) is 3. The molecule has 0 bridgehead atoms. The number of ether oxygens (including phenoxy) is 1. The second kappa shape index (κ2) is 6.17. The zero-order chi connectivity index (χ0) is 12.0. The Morgan fingerprint density at radius 2 is 2.31 bits per heavy atom. The van der Waals surface area contributed by atoms with Crippen LogP contribution in [0.15, 0.2) is 23.1 Å². The van der Waals surface area contributed by atoms with Crippen LogP contribution in [0.25, 0.3) is 0 Å². The van der Waals surface area contributed by atoms with Gasteiger partial charge in [-0.3, -0.25) is 0 Å². The third-order valence-corrected chi connectivity index (χ3v) is 2.32. The molecule has 16 heavy (non-hydrogen) atoms. The van der Waals surface area contributed by atoms with Crippen LogP contribution in [-0.4, -0.2) is 19.2 Å². The molecule has 0 aromatic carbocycles. The Kier molecular flexibility index (Phi) is 4.85. The molecule has 0 radical (unpaired) electrons. The van der Waals surface area contributed by atoms with Crippen molar-refractivity contribution < 1.29 is 9.53 Å². The summed E-state index contributed by atoms with van der Waals surface area (Å²) in [4.78, 5) is 10.8. The molecule has 0 heterocycles. The van der Waals surface area contributed by atoms with Gasteiger partial charge in [-0.15, -0.1) is 0 Å². The summed E-state index contributed by atoms with van der Waals surface area (Å²) in [5.74, 6) is 0.790. The van der Waals surface area contributed by atoms with Gasteiger partial charge < -0.3 is 21.5 Å². The first-order valence-electron chi connectivity index (χ1n) is 5.43. The fourth-order valence-corrected chi connectivity index (χ4v) is 1.51. The lowest BCUT2D eigenvalue weighted by Crippen LogP contribution is -2.30. The number of allylic oxidation sites excluding steroid dienone is 3. The quantitative estimate of drug-likeness (QED) is 0.609. The summed E-state index contributed by atoms with van der Waals surface area (Å²) in [7, 11) is 0. The molecule has 0 saturated carbocycles. The zero-order valence-electron chi connectivity index (χ0n) is 9.58. The molecule has 5 N–H and O–H groups in total. The van der Waals surface area contributed by atoms with Crippen molar-refractivity contribution in [1.82, 2.24) is 5.32 Å². The topological polar surface area (TPSA) is 90.4 Å². The molecule has 1 rings (SSSR count). The molecule has 0 aromatic heterocycles. The van der Waals surface area contributed by atoms with Crippen LogP contribution in [0.4, 0.5) is 4.79 Å². The lowest BCUT2D eigenvalue weighted by atomic mass is 10.0. The highest BCUT2D eigenvalue weighted by molar-refractivity contribution is 5.74. The van der Waals surface area contributed by atoms with E-state index in [2.05, 4.69) is 5.32 Å². The number of nitrogens with one attached hydrogen (secondary N) is 1. The number of nitrogens with two attached hydrogens (primary N) is 2. The van der Waals surface area contributed by atoms with E-state index in [1.54, 1.807) is 0 Å². The highest BCUT2D eigenvalue weighted by atomic mass is 16.5. The van der Waals surface area contributed by atoms with Crippen LogP contribution in [0.3, 0.4) is 0 Å². The molecule has 0 spiro atoms. The molecular weight excluding hydrogens is 206 g/mol. The average Bonchev–Trinajstić information content (AvgIpc) is 2.20. The van der Waals surface area contributed by atoms with Gasteiger partial charge in [-0.25, -0.2) is 4.79 Å². The van der Waals surface area contributed by atoms with Crippen molar-refractivity contribution in [2.24, 2.45) is 11.5 Å². The van der Waals surface area contributed by atoms with Crippen LogP contribution in [0.5, 0.6) is 0 Å². The van der Waals surface area contributed by atoms with Crippen LogP contribution >= 0.6 is 0 Å². The SMILES string of the molecule is CC1=CC(NC(N)=O)=C(OCCCN)CC1. The van der Waals surface area contributed by atoms with Gasteiger partial charge in [0, 0.05) is 6.42 Å². The van der Waals surface area contributed by atoms with Gasteiger partial charge in [0.25, 0.3) is 0 Å². The second-order valence-corrected chi connectivity index (χ2v) is 3.81. The van der Waals surface area contributed by atoms with Gasteiger partial charge in [0.05, 0.1) is 12.3 Å². The Morgan fingerprint density at radius 3 is 2.94 bits per heavy atom. The number of urea groups is 1. The van der Waals surface area contributed by atoms with Crippen LogP contribution in [0.1, 0.15) is 26.2 Å². The van der Waals surface area contributed by atoms with Crippen LogP contribution in [0, 0.1) is 0 Å². The number of carbonyl (C=O) groups is 1. The minimum absolute atomic E-state index is 0.569. The van der Waals surface area contributed by atoms with Gasteiger partial charge in [0.2, 0.25) is 0 Å². The molecule has 0 fully saturated rings. The van der Waals surface area contributed by atoms with E-state index < -0.39 is 6.03 Å². The van der Waals surface area contributed by atoms with Gasteiger partial charge in [0.15, 0.2) is 0 Å². The fraction of sp³-hybridized carbons (Fsp3) is 0.545. The number of rotatable bonds is 5. The molecular formula is C11H19N3O2. The first kappa shape index (κ1) is 12.6.